The summed E-state index contributed by atoms with van der Waals surface area (Å²) in [5, 5.41) is 0. The molecule has 0 bridgehead atoms. The molecule has 0 amide bonds. The number of para-hydroxylation sites is 1. The maximum Gasteiger partial charge on any atom is 0.357 e. The Morgan fingerprint density at radius 1 is 1.36 bits per heavy atom. The van der Waals surface area contributed by atoms with E-state index in [2.05, 4.69) is 0 Å². The molecule has 11 heavy (non-hydrogen) atoms. The van der Waals surface area contributed by atoms with Crippen molar-refractivity contribution in [2.45, 2.75) is 0 Å². The SMILES string of the molecule is [2H]c1c([2H])c([2H])c(NS(=O)(=O)O)c([2H])c1[2H]. The zero-order valence-corrected chi connectivity index (χ0v) is 5.99. The number of benzene rings is 1. The average molecular weight is 178 g/mol. The molecule has 0 aliphatic heterocycles. The highest BCUT2D eigenvalue weighted by Crippen LogP contribution is 2.05. The van der Waals surface area contributed by atoms with E-state index in [9.17, 15) is 8.42 Å². The van der Waals surface area contributed by atoms with E-state index in [1.165, 1.54) is 4.72 Å². The molecule has 0 spiro atoms. The molecule has 1 aromatic carbocycles. The van der Waals surface area contributed by atoms with Crippen molar-refractivity contribution in [1.29, 1.82) is 0 Å². The fraction of sp³-hybridized carbons (Fsp3) is 0. The molecule has 0 fully saturated rings. The Morgan fingerprint density at radius 2 is 1.91 bits per heavy atom. The molecular formula is C6H7NO3S. The van der Waals surface area contributed by atoms with Crippen LogP contribution >= 0.6 is 0 Å². The second-order valence-electron chi connectivity index (χ2n) is 1.58. The van der Waals surface area contributed by atoms with Gasteiger partial charge in [0.1, 0.15) is 0 Å². The first-order valence-corrected chi connectivity index (χ1v) is 3.91. The standard InChI is InChI=1S/C6H7NO3S/c8-11(9,10)7-6-4-2-1-3-5-6/h1-5,7H,(H,8,9,10)/i1D,2D,3D,4D,5D. The second kappa shape index (κ2) is 2.89. The highest BCUT2D eigenvalue weighted by atomic mass is 32.2. The summed E-state index contributed by atoms with van der Waals surface area (Å²) in [6.07, 6.45) is 0. The molecule has 0 atom stereocenters. The largest absolute Gasteiger partial charge is 0.357 e. The fourth-order valence-electron chi connectivity index (χ4n) is 0.430. The third kappa shape index (κ3) is 3.01. The number of rotatable bonds is 2. The molecule has 5 heteroatoms. The van der Waals surface area contributed by atoms with Gasteiger partial charge in [-0.2, -0.15) is 8.42 Å². The maximum absolute atomic E-state index is 10.5. The van der Waals surface area contributed by atoms with Crippen LogP contribution in [0.15, 0.2) is 30.2 Å². The molecule has 0 radical (unpaired) electrons. The molecule has 0 aliphatic rings. The van der Waals surface area contributed by atoms with E-state index in [4.69, 9.17) is 11.4 Å². The van der Waals surface area contributed by atoms with Gasteiger partial charge in [0, 0.05) is 0 Å². The Hall–Kier alpha value is -1.07. The lowest BCUT2D eigenvalue weighted by atomic mass is 10.3. The molecule has 4 nitrogen and oxygen atoms in total. The van der Waals surface area contributed by atoms with Gasteiger partial charge in [-0.05, 0) is 12.1 Å². The first kappa shape index (κ1) is 3.55. The van der Waals surface area contributed by atoms with Gasteiger partial charge in [-0.25, -0.2) is 0 Å². The number of anilines is 1. The van der Waals surface area contributed by atoms with E-state index in [1.807, 2.05) is 0 Å². The van der Waals surface area contributed by atoms with Crippen molar-refractivity contribution in [3.63, 3.8) is 0 Å². The van der Waals surface area contributed by atoms with Crippen LogP contribution in [0.25, 0.3) is 0 Å². The van der Waals surface area contributed by atoms with Crippen LogP contribution in [0, 0.1) is 0 Å². The second-order valence-corrected chi connectivity index (χ2v) is 2.73. The summed E-state index contributed by atoms with van der Waals surface area (Å²) in [5.41, 5.74) is -0.687. The minimum atomic E-state index is -4.69. The Bertz CT molecular complexity index is 515. The van der Waals surface area contributed by atoms with Crippen molar-refractivity contribution < 1.29 is 19.8 Å². The van der Waals surface area contributed by atoms with E-state index in [1.54, 1.807) is 0 Å². The zero-order chi connectivity index (χ0) is 12.7. The summed E-state index contributed by atoms with van der Waals surface area (Å²) < 4.78 is 67.3. The first-order valence-electron chi connectivity index (χ1n) is 4.97. The Balaban J connectivity index is 3.52. The van der Waals surface area contributed by atoms with Crippen LogP contribution in [0.2, 0.25) is 0 Å². The van der Waals surface area contributed by atoms with Gasteiger partial charge in [-0.1, -0.05) is 18.1 Å². The number of hydrogen-bond acceptors (Lipinski definition) is 2. The van der Waals surface area contributed by atoms with Crippen LogP contribution < -0.4 is 4.72 Å². The lowest BCUT2D eigenvalue weighted by Crippen LogP contribution is -2.09. The van der Waals surface area contributed by atoms with Crippen molar-refractivity contribution in [3.8, 4) is 0 Å². The van der Waals surface area contributed by atoms with Gasteiger partial charge in [-0.15, -0.1) is 0 Å². The van der Waals surface area contributed by atoms with Crippen LogP contribution in [-0.4, -0.2) is 13.0 Å². The lowest BCUT2D eigenvalue weighted by Gasteiger charge is -1.99. The maximum atomic E-state index is 10.5. The summed E-state index contributed by atoms with van der Waals surface area (Å²) in [6.45, 7) is 0. The first-order chi connectivity index (χ1) is 7.15. The monoisotopic (exact) mass is 178 g/mol. The van der Waals surface area contributed by atoms with Gasteiger partial charge >= 0.3 is 10.3 Å². The molecule has 1 rings (SSSR count). The van der Waals surface area contributed by atoms with Crippen molar-refractivity contribution >= 4 is 16.0 Å². The minimum Gasteiger partial charge on any atom is -0.269 e. The van der Waals surface area contributed by atoms with Gasteiger partial charge < -0.3 is 0 Å². The molecule has 0 heterocycles. The van der Waals surface area contributed by atoms with Gasteiger partial charge in [0.05, 0.1) is 12.5 Å². The molecule has 0 aromatic heterocycles. The number of hydrogen-bond donors (Lipinski definition) is 2. The minimum absolute atomic E-state index is 0.643. The quantitative estimate of drug-likeness (QED) is 0.661. The molecule has 0 saturated heterocycles. The highest BCUT2D eigenvalue weighted by Gasteiger charge is 2.00. The topological polar surface area (TPSA) is 66.4 Å². The Morgan fingerprint density at radius 3 is 2.36 bits per heavy atom. The molecule has 1 aromatic rings. The predicted octanol–water partition coefficient (Wildman–Crippen LogP) is 0.901. The summed E-state index contributed by atoms with van der Waals surface area (Å²) >= 11 is 0. The molecule has 0 aliphatic carbocycles. The molecule has 2 N–H and O–H groups in total. The molecule has 60 valence electrons. The zero-order valence-electron chi connectivity index (χ0n) is 10.2. The Labute approximate surface area is 71.8 Å². The van der Waals surface area contributed by atoms with E-state index >= 15 is 0 Å². The third-order valence-electron chi connectivity index (χ3n) is 0.731. The molecule has 0 saturated carbocycles. The van der Waals surface area contributed by atoms with Gasteiger partial charge in [0.15, 0.2) is 0 Å². The fourth-order valence-corrected chi connectivity index (χ4v) is 0.790. The molecule has 0 unspecified atom stereocenters. The van der Waals surface area contributed by atoms with Crippen molar-refractivity contribution in [2.24, 2.45) is 0 Å². The Kier molecular flexibility index (Phi) is 0.935. The van der Waals surface area contributed by atoms with Crippen LogP contribution in [0.4, 0.5) is 5.69 Å². The van der Waals surface area contributed by atoms with E-state index < -0.39 is 46.2 Å². The van der Waals surface area contributed by atoms with E-state index in [0.29, 0.717) is 0 Å². The average Bonchev–Trinajstić information content (AvgIpc) is 2.17. The van der Waals surface area contributed by atoms with Gasteiger partial charge in [-0.3, -0.25) is 9.27 Å². The van der Waals surface area contributed by atoms with Gasteiger partial charge in [0.2, 0.25) is 0 Å². The summed E-state index contributed by atoms with van der Waals surface area (Å²) in [4.78, 5) is 0. The molecular weight excluding hydrogens is 166 g/mol. The van der Waals surface area contributed by atoms with E-state index in [0.717, 1.165) is 0 Å². The van der Waals surface area contributed by atoms with Crippen LogP contribution in [0.5, 0.6) is 0 Å². The third-order valence-corrected chi connectivity index (χ3v) is 1.19. The lowest BCUT2D eigenvalue weighted by molar-refractivity contribution is 0.490. The predicted molar refractivity (Wildman–Crippen MR) is 41.6 cm³/mol. The normalized spacial score (nSPS) is 17.4. The van der Waals surface area contributed by atoms with Gasteiger partial charge in [0.25, 0.3) is 0 Å². The van der Waals surface area contributed by atoms with Crippen molar-refractivity contribution in [3.05, 3.63) is 30.2 Å². The summed E-state index contributed by atoms with van der Waals surface area (Å²) in [7, 11) is -4.69. The van der Waals surface area contributed by atoms with Crippen molar-refractivity contribution in [2.75, 3.05) is 4.72 Å². The summed E-state index contributed by atoms with van der Waals surface area (Å²) in [6, 6.07) is -3.48. The highest BCUT2D eigenvalue weighted by molar-refractivity contribution is 7.87. The van der Waals surface area contributed by atoms with Crippen LogP contribution in [-0.2, 0) is 10.3 Å². The van der Waals surface area contributed by atoms with Crippen LogP contribution in [0.3, 0.4) is 0 Å². The van der Waals surface area contributed by atoms with Crippen LogP contribution in [0.1, 0.15) is 6.85 Å². The smallest absolute Gasteiger partial charge is 0.269 e. The number of nitrogens with one attached hydrogen (secondary N) is 1. The van der Waals surface area contributed by atoms with Crippen molar-refractivity contribution in [1.82, 2.24) is 0 Å². The summed E-state index contributed by atoms with van der Waals surface area (Å²) in [5.74, 6) is 0. The van der Waals surface area contributed by atoms with E-state index in [-0.39, 0.29) is 0 Å².